The van der Waals surface area contributed by atoms with Crippen LogP contribution in [0.15, 0.2) is 16.5 Å². The lowest BCUT2D eigenvalue weighted by molar-refractivity contribution is 0.0694. The van der Waals surface area contributed by atoms with Gasteiger partial charge in [-0.15, -0.1) is 11.3 Å². The number of rotatable bonds is 6. The lowest BCUT2D eigenvalue weighted by atomic mass is 10.1. The largest absolute Gasteiger partial charge is 0.478 e. The molecule has 0 aliphatic heterocycles. The maximum Gasteiger partial charge on any atom is 0.339 e. The van der Waals surface area contributed by atoms with Crippen molar-refractivity contribution in [3.63, 3.8) is 0 Å². The third-order valence-electron chi connectivity index (χ3n) is 3.39. The molecule has 0 fully saturated rings. The molecule has 2 N–H and O–H groups in total. The summed E-state index contributed by atoms with van der Waals surface area (Å²) in [7, 11) is 0. The lowest BCUT2D eigenvalue weighted by Gasteiger charge is -2.00. The van der Waals surface area contributed by atoms with Crippen molar-refractivity contribution in [3.8, 4) is 0 Å². The Kier molecular flexibility index (Phi) is 5.03. The summed E-state index contributed by atoms with van der Waals surface area (Å²) < 4.78 is 5.34. The molecule has 22 heavy (non-hydrogen) atoms. The van der Waals surface area contributed by atoms with Gasteiger partial charge in [-0.25, -0.2) is 4.79 Å². The molecule has 0 unspecified atom stereocenters. The average molecular weight is 321 g/mol. The summed E-state index contributed by atoms with van der Waals surface area (Å²) in [4.78, 5) is 24.9. The van der Waals surface area contributed by atoms with Crippen LogP contribution in [0.4, 0.5) is 0 Å². The smallest absolute Gasteiger partial charge is 0.339 e. The molecule has 0 aliphatic rings. The fourth-order valence-electron chi connectivity index (χ4n) is 2.25. The minimum atomic E-state index is -1.03. The van der Waals surface area contributed by atoms with Crippen molar-refractivity contribution in [2.24, 2.45) is 0 Å². The maximum atomic E-state index is 12.2. The first-order chi connectivity index (χ1) is 10.4. The Morgan fingerprint density at radius 3 is 2.64 bits per heavy atom. The van der Waals surface area contributed by atoms with Crippen LogP contribution in [0.3, 0.4) is 0 Å². The summed E-state index contributed by atoms with van der Waals surface area (Å²) in [6, 6.07) is 3.37. The number of carbonyl (C=O) groups is 2. The molecule has 6 heteroatoms. The van der Waals surface area contributed by atoms with Gasteiger partial charge < -0.3 is 14.8 Å². The Morgan fingerprint density at radius 2 is 2.05 bits per heavy atom. The molecule has 5 nitrogen and oxygen atoms in total. The quantitative estimate of drug-likeness (QED) is 0.853. The summed E-state index contributed by atoms with van der Waals surface area (Å²) in [6.45, 7) is 5.89. The van der Waals surface area contributed by atoms with Gasteiger partial charge in [0.2, 0.25) is 0 Å². The second-order valence-electron chi connectivity index (χ2n) is 5.11. The minimum absolute atomic E-state index is 0.126. The van der Waals surface area contributed by atoms with Gasteiger partial charge in [0, 0.05) is 4.88 Å². The number of amides is 1. The first kappa shape index (κ1) is 16.3. The van der Waals surface area contributed by atoms with Crippen molar-refractivity contribution >= 4 is 23.2 Å². The fourth-order valence-corrected chi connectivity index (χ4v) is 3.23. The zero-order valence-electron chi connectivity index (χ0n) is 12.9. The van der Waals surface area contributed by atoms with Crippen molar-refractivity contribution < 1.29 is 19.1 Å². The highest BCUT2D eigenvalue weighted by molar-refractivity contribution is 7.14. The number of furan rings is 1. The fraction of sp³-hybridized carbons (Fsp3) is 0.375. The molecule has 0 aliphatic carbocycles. The minimum Gasteiger partial charge on any atom is -0.478 e. The Hall–Kier alpha value is -2.08. The number of hydrogen-bond donors (Lipinski definition) is 2. The molecule has 0 aromatic carbocycles. The van der Waals surface area contributed by atoms with Crippen LogP contribution in [0.25, 0.3) is 0 Å². The monoisotopic (exact) mass is 321 g/mol. The van der Waals surface area contributed by atoms with Crippen molar-refractivity contribution in [2.75, 3.05) is 0 Å². The number of nitrogens with one attached hydrogen (secondary N) is 1. The van der Waals surface area contributed by atoms with Crippen molar-refractivity contribution in [1.29, 1.82) is 0 Å². The van der Waals surface area contributed by atoms with Crippen molar-refractivity contribution in [3.05, 3.63) is 44.5 Å². The topological polar surface area (TPSA) is 79.5 Å². The standard InChI is InChI=1S/C16H19NO4S/c1-4-5-11-6-14(22-10(11)3)15(18)17-8-12-7-13(16(19)20)9(2)21-12/h6-7H,4-5,8H2,1-3H3,(H,17,18)(H,19,20). The number of hydrogen-bond acceptors (Lipinski definition) is 4. The number of carboxylic acids is 1. The Labute approximate surface area is 133 Å². The highest BCUT2D eigenvalue weighted by Gasteiger charge is 2.16. The highest BCUT2D eigenvalue weighted by atomic mass is 32.1. The molecule has 0 saturated heterocycles. The van der Waals surface area contributed by atoms with E-state index in [2.05, 4.69) is 12.2 Å². The van der Waals surface area contributed by atoms with Crippen LogP contribution in [-0.2, 0) is 13.0 Å². The van der Waals surface area contributed by atoms with Gasteiger partial charge in [0.25, 0.3) is 5.91 Å². The number of carbonyl (C=O) groups excluding carboxylic acids is 1. The molecule has 2 heterocycles. The summed E-state index contributed by atoms with van der Waals surface area (Å²) >= 11 is 1.47. The Balaban J connectivity index is 2.02. The number of aromatic carboxylic acids is 1. The van der Waals surface area contributed by atoms with Gasteiger partial charge in [-0.2, -0.15) is 0 Å². The van der Waals surface area contributed by atoms with Crippen molar-refractivity contribution in [1.82, 2.24) is 5.32 Å². The summed E-state index contributed by atoms with van der Waals surface area (Å²) in [5, 5.41) is 11.7. The highest BCUT2D eigenvalue weighted by Crippen LogP contribution is 2.23. The predicted molar refractivity (Wildman–Crippen MR) is 84.6 cm³/mol. The van der Waals surface area contributed by atoms with Crippen LogP contribution in [0.5, 0.6) is 0 Å². The summed E-state index contributed by atoms with van der Waals surface area (Å²) in [5.41, 5.74) is 1.33. The van der Waals surface area contributed by atoms with Gasteiger partial charge in [0.05, 0.1) is 11.4 Å². The second-order valence-corrected chi connectivity index (χ2v) is 6.37. The van der Waals surface area contributed by atoms with E-state index in [4.69, 9.17) is 9.52 Å². The predicted octanol–water partition coefficient (Wildman–Crippen LogP) is 3.54. The van der Waals surface area contributed by atoms with E-state index in [0.717, 1.165) is 17.7 Å². The molecule has 0 saturated carbocycles. The van der Waals surface area contributed by atoms with Crippen LogP contribution in [0, 0.1) is 13.8 Å². The van der Waals surface area contributed by atoms with E-state index in [0.29, 0.717) is 16.4 Å². The molecule has 118 valence electrons. The van der Waals surface area contributed by atoms with Crippen LogP contribution in [0.1, 0.15) is 55.3 Å². The molecule has 0 bridgehead atoms. The third-order valence-corrected chi connectivity index (χ3v) is 4.48. The van der Waals surface area contributed by atoms with E-state index in [1.165, 1.54) is 23.0 Å². The average Bonchev–Trinajstić information content (AvgIpc) is 3.00. The second kappa shape index (κ2) is 6.79. The van der Waals surface area contributed by atoms with E-state index in [1.54, 1.807) is 6.92 Å². The normalized spacial score (nSPS) is 10.7. The number of carboxylic acid groups (broad SMARTS) is 1. The first-order valence-corrected chi connectivity index (χ1v) is 7.94. The Bertz CT molecular complexity index is 699. The molecule has 0 atom stereocenters. The molecule has 2 aromatic rings. The zero-order valence-corrected chi connectivity index (χ0v) is 13.7. The molecule has 1 amide bonds. The number of thiophene rings is 1. The van der Waals surface area contributed by atoms with E-state index in [1.807, 2.05) is 13.0 Å². The molecule has 2 rings (SSSR count). The van der Waals surface area contributed by atoms with Crippen LogP contribution >= 0.6 is 11.3 Å². The Morgan fingerprint density at radius 1 is 1.32 bits per heavy atom. The zero-order chi connectivity index (χ0) is 16.3. The molecule has 2 aromatic heterocycles. The summed E-state index contributed by atoms with van der Waals surface area (Å²) in [5.74, 6) is -0.419. The molecule has 0 spiro atoms. The van der Waals surface area contributed by atoms with E-state index in [9.17, 15) is 9.59 Å². The third kappa shape index (κ3) is 3.57. The van der Waals surface area contributed by atoms with Gasteiger partial charge in [-0.05, 0) is 38.0 Å². The summed E-state index contributed by atoms with van der Waals surface area (Å²) in [6.07, 6.45) is 2.01. The van der Waals surface area contributed by atoms with Gasteiger partial charge in [0.1, 0.15) is 17.1 Å². The SMILES string of the molecule is CCCc1cc(C(=O)NCc2cc(C(=O)O)c(C)o2)sc1C. The first-order valence-electron chi connectivity index (χ1n) is 7.12. The van der Waals surface area contributed by atoms with Gasteiger partial charge >= 0.3 is 5.97 Å². The van der Waals surface area contributed by atoms with Crippen LogP contribution < -0.4 is 5.32 Å². The molecular formula is C16H19NO4S. The van der Waals surface area contributed by atoms with Crippen LogP contribution in [0.2, 0.25) is 0 Å². The molecular weight excluding hydrogens is 302 g/mol. The molecule has 0 radical (unpaired) electrons. The van der Waals surface area contributed by atoms with E-state index in [-0.39, 0.29) is 18.0 Å². The van der Waals surface area contributed by atoms with Crippen molar-refractivity contribution in [2.45, 2.75) is 40.2 Å². The van der Waals surface area contributed by atoms with Gasteiger partial charge in [0.15, 0.2) is 0 Å². The van der Waals surface area contributed by atoms with Gasteiger partial charge in [-0.3, -0.25) is 4.79 Å². The lowest BCUT2D eigenvalue weighted by Crippen LogP contribution is -2.21. The van der Waals surface area contributed by atoms with Crippen LogP contribution in [-0.4, -0.2) is 17.0 Å². The maximum absolute atomic E-state index is 12.2. The van der Waals surface area contributed by atoms with E-state index >= 15 is 0 Å². The van der Waals surface area contributed by atoms with E-state index < -0.39 is 5.97 Å². The van der Waals surface area contributed by atoms with Gasteiger partial charge in [-0.1, -0.05) is 13.3 Å². The number of aryl methyl sites for hydroxylation is 3.